The molecule has 0 heterocycles. The van der Waals surface area contributed by atoms with Gasteiger partial charge >= 0.3 is 6.16 Å². The first kappa shape index (κ1) is 27.1. The maximum absolute atomic E-state index is 12.3. The third kappa shape index (κ3) is 5.49. The molecule has 0 radical (unpaired) electrons. The van der Waals surface area contributed by atoms with Gasteiger partial charge in [0.25, 0.3) is 0 Å². The fraction of sp³-hybridized carbons (Fsp3) is 0.906. The minimum atomic E-state index is -0.524. The lowest BCUT2D eigenvalue weighted by atomic mass is 9.46. The Kier molecular flexibility index (Phi) is 7.77. The Labute approximate surface area is 216 Å². The number of ether oxygens (including phenoxy) is 2. The number of carbonyl (C=O) groups is 1. The van der Waals surface area contributed by atoms with Gasteiger partial charge in [-0.05, 0) is 125 Å². The quantitative estimate of drug-likeness (QED) is 0.277. The van der Waals surface area contributed by atoms with Gasteiger partial charge in [-0.2, -0.15) is 0 Å². The Hall–Kier alpha value is -0.990. The van der Waals surface area contributed by atoms with E-state index in [1.165, 1.54) is 57.8 Å². The van der Waals surface area contributed by atoms with E-state index in [1.807, 2.05) is 20.8 Å². The van der Waals surface area contributed by atoms with Crippen molar-refractivity contribution in [1.82, 2.24) is 0 Å². The van der Waals surface area contributed by atoms with Crippen LogP contribution in [0.25, 0.3) is 0 Å². The van der Waals surface area contributed by atoms with Crippen molar-refractivity contribution in [2.45, 2.75) is 138 Å². The number of hydrogen-bond donors (Lipinski definition) is 0. The van der Waals surface area contributed by atoms with Crippen LogP contribution in [-0.2, 0) is 9.47 Å². The molecule has 0 amide bonds. The molecule has 3 unspecified atom stereocenters. The number of rotatable bonds is 6. The zero-order valence-electron chi connectivity index (χ0n) is 24.1. The lowest BCUT2D eigenvalue weighted by Crippen LogP contribution is -2.51. The van der Waals surface area contributed by atoms with E-state index in [9.17, 15) is 4.79 Å². The van der Waals surface area contributed by atoms with Crippen LogP contribution in [0.2, 0.25) is 0 Å². The Bertz CT molecular complexity index is 791. The van der Waals surface area contributed by atoms with E-state index in [2.05, 4.69) is 40.7 Å². The lowest BCUT2D eigenvalue weighted by Gasteiger charge is -2.59. The number of carbonyl (C=O) groups excluding carboxylic acids is 1. The highest BCUT2D eigenvalue weighted by Crippen LogP contribution is 2.67. The third-order valence-electron chi connectivity index (χ3n) is 10.9. The molecule has 200 valence electrons. The smallest absolute Gasteiger partial charge is 0.429 e. The highest BCUT2D eigenvalue weighted by Gasteiger charge is 2.59. The van der Waals surface area contributed by atoms with E-state index in [1.54, 1.807) is 5.57 Å². The van der Waals surface area contributed by atoms with Gasteiger partial charge in [-0.15, -0.1) is 0 Å². The molecule has 0 bridgehead atoms. The van der Waals surface area contributed by atoms with Crippen molar-refractivity contribution in [3.05, 3.63) is 11.6 Å². The standard InChI is InChI=1S/C32H54O3/c1-21(2)10-9-11-22(3)26-14-15-27-25-13-12-23-20-24(34-29(33)35-30(4,5)6)16-18-31(23,7)28(25)17-19-32(26,27)8/h20-22,24-28H,9-19H2,1-8H3/t22-,24-,25?,26+,27?,28?,31-,32+/m0/s1. The molecule has 0 aromatic heterocycles. The summed E-state index contributed by atoms with van der Waals surface area (Å²) >= 11 is 0. The van der Waals surface area contributed by atoms with Gasteiger partial charge in [-0.3, -0.25) is 0 Å². The maximum atomic E-state index is 12.3. The van der Waals surface area contributed by atoms with Gasteiger partial charge < -0.3 is 9.47 Å². The molecule has 8 atom stereocenters. The molecule has 0 aromatic carbocycles. The van der Waals surface area contributed by atoms with Gasteiger partial charge in [0.2, 0.25) is 0 Å². The largest absolute Gasteiger partial charge is 0.509 e. The molecule has 3 nitrogen and oxygen atoms in total. The molecule has 0 N–H and O–H groups in total. The normalized spacial score (nSPS) is 39.8. The van der Waals surface area contributed by atoms with Crippen molar-refractivity contribution in [2.75, 3.05) is 0 Å². The first-order chi connectivity index (χ1) is 16.3. The second-order valence-corrected chi connectivity index (χ2v) is 14.7. The monoisotopic (exact) mass is 486 g/mol. The predicted molar refractivity (Wildman–Crippen MR) is 144 cm³/mol. The molecule has 0 aliphatic heterocycles. The minimum Gasteiger partial charge on any atom is -0.429 e. The molecule has 3 fully saturated rings. The SMILES string of the molecule is CC(C)CCC[C@H](C)[C@H]1CCC2C3CCC4=C[C@@H](OC(=O)OC(C)(C)C)CC[C@]4(C)C3CC[C@@]21C. The molecule has 4 rings (SSSR count). The topological polar surface area (TPSA) is 35.5 Å². The third-order valence-corrected chi connectivity index (χ3v) is 10.9. The van der Waals surface area contributed by atoms with Crippen LogP contribution in [0.4, 0.5) is 4.79 Å². The van der Waals surface area contributed by atoms with Crippen molar-refractivity contribution in [1.29, 1.82) is 0 Å². The van der Waals surface area contributed by atoms with Crippen molar-refractivity contribution >= 4 is 6.16 Å². The van der Waals surface area contributed by atoms with E-state index in [-0.39, 0.29) is 6.10 Å². The molecule has 4 aliphatic rings. The summed E-state index contributed by atoms with van der Waals surface area (Å²) in [5, 5.41) is 0. The van der Waals surface area contributed by atoms with Crippen molar-refractivity contribution in [3.63, 3.8) is 0 Å². The van der Waals surface area contributed by atoms with E-state index in [0.29, 0.717) is 10.8 Å². The molecule has 3 heteroatoms. The molecule has 3 saturated carbocycles. The number of allylic oxidation sites excluding steroid dienone is 1. The van der Waals surface area contributed by atoms with Crippen molar-refractivity contribution in [3.8, 4) is 0 Å². The summed E-state index contributed by atoms with van der Waals surface area (Å²) in [7, 11) is 0. The van der Waals surface area contributed by atoms with Crippen LogP contribution in [0, 0.1) is 46.3 Å². The first-order valence-electron chi connectivity index (χ1n) is 14.9. The zero-order chi connectivity index (χ0) is 25.6. The lowest BCUT2D eigenvalue weighted by molar-refractivity contribution is -0.0668. The van der Waals surface area contributed by atoms with Crippen LogP contribution in [0.3, 0.4) is 0 Å². The zero-order valence-corrected chi connectivity index (χ0v) is 24.1. The van der Waals surface area contributed by atoms with Crippen LogP contribution in [0.1, 0.15) is 126 Å². The number of fused-ring (bicyclic) bond motifs is 5. The Morgan fingerprint density at radius 3 is 2.43 bits per heavy atom. The van der Waals surface area contributed by atoms with Crippen LogP contribution < -0.4 is 0 Å². The highest BCUT2D eigenvalue weighted by atomic mass is 16.7. The van der Waals surface area contributed by atoms with Crippen LogP contribution in [0.15, 0.2) is 11.6 Å². The van der Waals surface area contributed by atoms with Crippen LogP contribution in [0.5, 0.6) is 0 Å². The Morgan fingerprint density at radius 1 is 1.00 bits per heavy atom. The van der Waals surface area contributed by atoms with Gasteiger partial charge in [0.15, 0.2) is 0 Å². The first-order valence-corrected chi connectivity index (χ1v) is 14.9. The average Bonchev–Trinajstić information content (AvgIpc) is 3.09. The fourth-order valence-electron chi connectivity index (χ4n) is 9.21. The van der Waals surface area contributed by atoms with E-state index in [0.717, 1.165) is 48.3 Å². The minimum absolute atomic E-state index is 0.124. The van der Waals surface area contributed by atoms with Gasteiger partial charge in [-0.25, -0.2) is 4.79 Å². The summed E-state index contributed by atoms with van der Waals surface area (Å²) in [6.07, 6.45) is 16.2. The second kappa shape index (κ2) is 10.1. The highest BCUT2D eigenvalue weighted by molar-refractivity contribution is 5.61. The van der Waals surface area contributed by atoms with Crippen molar-refractivity contribution in [2.24, 2.45) is 46.3 Å². The van der Waals surface area contributed by atoms with Gasteiger partial charge in [0, 0.05) is 0 Å². The summed E-state index contributed by atoms with van der Waals surface area (Å²) in [5.41, 5.74) is 1.90. The number of hydrogen-bond acceptors (Lipinski definition) is 3. The molecule has 0 aromatic rings. The molecule has 35 heavy (non-hydrogen) atoms. The summed E-state index contributed by atoms with van der Waals surface area (Å²) in [5.74, 6) is 5.22. The molecule has 0 spiro atoms. The van der Waals surface area contributed by atoms with E-state index in [4.69, 9.17) is 9.47 Å². The Balaban J connectivity index is 1.42. The summed E-state index contributed by atoms with van der Waals surface area (Å²) < 4.78 is 11.2. The summed E-state index contributed by atoms with van der Waals surface area (Å²) in [4.78, 5) is 12.3. The summed E-state index contributed by atoms with van der Waals surface area (Å²) in [6.45, 7) is 18.2. The maximum Gasteiger partial charge on any atom is 0.509 e. The average molecular weight is 487 g/mol. The fourth-order valence-corrected chi connectivity index (χ4v) is 9.21. The Morgan fingerprint density at radius 2 is 1.74 bits per heavy atom. The predicted octanol–water partition coefficient (Wildman–Crippen LogP) is 9.35. The van der Waals surface area contributed by atoms with Crippen LogP contribution >= 0.6 is 0 Å². The molecular weight excluding hydrogens is 432 g/mol. The molecule has 4 aliphatic carbocycles. The van der Waals surface area contributed by atoms with Gasteiger partial charge in [-0.1, -0.05) is 59.5 Å². The van der Waals surface area contributed by atoms with E-state index >= 15 is 0 Å². The van der Waals surface area contributed by atoms with E-state index < -0.39 is 11.8 Å². The molecule has 0 saturated heterocycles. The van der Waals surface area contributed by atoms with Gasteiger partial charge in [0.1, 0.15) is 11.7 Å². The van der Waals surface area contributed by atoms with Crippen molar-refractivity contribution < 1.29 is 14.3 Å². The summed E-state index contributed by atoms with van der Waals surface area (Å²) in [6, 6.07) is 0. The molecular formula is C32H54O3. The second-order valence-electron chi connectivity index (χ2n) is 14.7. The van der Waals surface area contributed by atoms with Crippen LogP contribution in [-0.4, -0.2) is 17.9 Å². The van der Waals surface area contributed by atoms with Gasteiger partial charge in [0.05, 0.1) is 0 Å².